The van der Waals surface area contributed by atoms with E-state index in [1.807, 2.05) is 12.1 Å². The van der Waals surface area contributed by atoms with Crippen LogP contribution in [-0.4, -0.2) is 13.2 Å². The maximum atomic E-state index is 12.9. The molecule has 0 spiro atoms. The summed E-state index contributed by atoms with van der Waals surface area (Å²) in [6.07, 6.45) is 3.20. The van der Waals surface area contributed by atoms with Crippen molar-refractivity contribution >= 4 is 0 Å². The van der Waals surface area contributed by atoms with Crippen LogP contribution in [0.3, 0.4) is 0 Å². The third-order valence-electron chi connectivity index (χ3n) is 3.58. The van der Waals surface area contributed by atoms with Crippen molar-refractivity contribution in [3.63, 3.8) is 0 Å². The highest BCUT2D eigenvalue weighted by molar-refractivity contribution is 5.26. The fraction of sp³-hybridized carbons (Fsp3) is 0.538. The van der Waals surface area contributed by atoms with Gasteiger partial charge in [0.05, 0.1) is 0 Å². The molecule has 1 aromatic rings. The zero-order valence-electron chi connectivity index (χ0n) is 9.13. The average molecular weight is 208 g/mol. The van der Waals surface area contributed by atoms with Crippen molar-refractivity contribution < 1.29 is 9.13 Å². The van der Waals surface area contributed by atoms with E-state index in [4.69, 9.17) is 4.74 Å². The van der Waals surface area contributed by atoms with Gasteiger partial charge >= 0.3 is 0 Å². The van der Waals surface area contributed by atoms with E-state index in [2.05, 4.69) is 6.92 Å². The van der Waals surface area contributed by atoms with Crippen LogP contribution in [0.1, 0.15) is 31.7 Å². The van der Waals surface area contributed by atoms with E-state index in [1.54, 1.807) is 12.1 Å². The number of hydrogen-bond acceptors (Lipinski definition) is 1. The Morgan fingerprint density at radius 2 is 1.80 bits per heavy atom. The highest BCUT2D eigenvalue weighted by Crippen LogP contribution is 2.37. The Balaban J connectivity index is 2.28. The summed E-state index contributed by atoms with van der Waals surface area (Å²) in [5, 5.41) is 0. The molecule has 2 rings (SSSR count). The molecule has 1 heterocycles. The molecule has 2 heteroatoms. The van der Waals surface area contributed by atoms with Gasteiger partial charge in [0.15, 0.2) is 0 Å². The number of halogens is 1. The first kappa shape index (κ1) is 10.6. The highest BCUT2D eigenvalue weighted by Gasteiger charge is 2.32. The molecule has 15 heavy (non-hydrogen) atoms. The van der Waals surface area contributed by atoms with E-state index in [0.29, 0.717) is 0 Å². The first-order chi connectivity index (χ1) is 7.27. The lowest BCUT2D eigenvalue weighted by Crippen LogP contribution is -2.33. The summed E-state index contributed by atoms with van der Waals surface area (Å²) in [5.41, 5.74) is 1.47. The van der Waals surface area contributed by atoms with Crippen molar-refractivity contribution in [1.29, 1.82) is 0 Å². The SMILES string of the molecule is CCC1(c2ccc(F)cc2)CCOCC1. The Morgan fingerprint density at radius 1 is 1.20 bits per heavy atom. The van der Waals surface area contributed by atoms with E-state index < -0.39 is 0 Å². The average Bonchev–Trinajstić information content (AvgIpc) is 2.31. The fourth-order valence-corrected chi connectivity index (χ4v) is 2.41. The van der Waals surface area contributed by atoms with Crippen LogP contribution in [-0.2, 0) is 10.2 Å². The second-order valence-electron chi connectivity index (χ2n) is 4.25. The standard InChI is InChI=1S/C13H17FO/c1-2-13(7-9-15-10-8-13)11-3-5-12(14)6-4-11/h3-6H,2,7-10H2,1H3. The third kappa shape index (κ3) is 2.05. The Labute approximate surface area is 90.3 Å². The monoisotopic (exact) mass is 208 g/mol. The van der Waals surface area contributed by atoms with E-state index >= 15 is 0 Å². The maximum absolute atomic E-state index is 12.9. The van der Waals surface area contributed by atoms with Gasteiger partial charge in [-0.2, -0.15) is 0 Å². The molecule has 1 aliphatic heterocycles. The van der Waals surface area contributed by atoms with Gasteiger partial charge < -0.3 is 4.74 Å². The van der Waals surface area contributed by atoms with E-state index in [0.717, 1.165) is 32.5 Å². The molecule has 1 nitrogen and oxygen atoms in total. The van der Waals surface area contributed by atoms with Crippen LogP contribution in [0.25, 0.3) is 0 Å². The normalized spacial score (nSPS) is 20.1. The maximum Gasteiger partial charge on any atom is 0.123 e. The quantitative estimate of drug-likeness (QED) is 0.724. The summed E-state index contributed by atoms with van der Waals surface area (Å²) < 4.78 is 18.3. The molecule has 1 aliphatic rings. The zero-order chi connectivity index (χ0) is 10.7. The van der Waals surface area contributed by atoms with Gasteiger partial charge in [0.2, 0.25) is 0 Å². The molecule has 0 aromatic heterocycles. The molecule has 1 aromatic carbocycles. The summed E-state index contributed by atoms with van der Waals surface area (Å²) in [6, 6.07) is 6.96. The summed E-state index contributed by atoms with van der Waals surface area (Å²) in [6.45, 7) is 3.85. The van der Waals surface area contributed by atoms with Crippen molar-refractivity contribution in [2.45, 2.75) is 31.6 Å². The Bertz CT molecular complexity index is 312. The number of ether oxygens (including phenoxy) is 1. The minimum Gasteiger partial charge on any atom is -0.381 e. The number of rotatable bonds is 2. The molecule has 0 radical (unpaired) electrons. The second-order valence-corrected chi connectivity index (χ2v) is 4.25. The molecular weight excluding hydrogens is 191 g/mol. The van der Waals surface area contributed by atoms with Gasteiger partial charge in [0, 0.05) is 13.2 Å². The van der Waals surface area contributed by atoms with Crippen LogP contribution in [0.5, 0.6) is 0 Å². The van der Waals surface area contributed by atoms with Gasteiger partial charge in [0.1, 0.15) is 5.82 Å². The van der Waals surface area contributed by atoms with Gasteiger partial charge in [-0.3, -0.25) is 0 Å². The number of benzene rings is 1. The van der Waals surface area contributed by atoms with Gasteiger partial charge in [-0.15, -0.1) is 0 Å². The fourth-order valence-electron chi connectivity index (χ4n) is 2.41. The van der Waals surface area contributed by atoms with Gasteiger partial charge in [-0.1, -0.05) is 19.1 Å². The zero-order valence-corrected chi connectivity index (χ0v) is 9.13. The van der Waals surface area contributed by atoms with E-state index in [-0.39, 0.29) is 11.2 Å². The second kappa shape index (κ2) is 4.31. The summed E-state index contributed by atoms with van der Waals surface area (Å²) in [7, 11) is 0. The van der Waals surface area contributed by atoms with Crippen LogP contribution in [0.2, 0.25) is 0 Å². The highest BCUT2D eigenvalue weighted by atomic mass is 19.1. The van der Waals surface area contributed by atoms with Crippen LogP contribution < -0.4 is 0 Å². The molecule has 82 valence electrons. The van der Waals surface area contributed by atoms with E-state index in [9.17, 15) is 4.39 Å². The molecule has 1 saturated heterocycles. The van der Waals surface area contributed by atoms with Gasteiger partial charge in [-0.05, 0) is 42.4 Å². The molecular formula is C13H17FO. The van der Waals surface area contributed by atoms with Crippen molar-refractivity contribution in [3.05, 3.63) is 35.6 Å². The molecule has 0 bridgehead atoms. The lowest BCUT2D eigenvalue weighted by Gasteiger charge is -2.37. The minimum absolute atomic E-state index is 0.155. The van der Waals surface area contributed by atoms with Crippen LogP contribution in [0.15, 0.2) is 24.3 Å². The molecule has 0 aliphatic carbocycles. The molecule has 0 unspecified atom stereocenters. The lowest BCUT2D eigenvalue weighted by molar-refractivity contribution is 0.0485. The predicted molar refractivity (Wildman–Crippen MR) is 58.4 cm³/mol. The molecule has 0 N–H and O–H groups in total. The first-order valence-electron chi connectivity index (χ1n) is 5.61. The van der Waals surface area contributed by atoms with Crippen molar-refractivity contribution in [3.8, 4) is 0 Å². The van der Waals surface area contributed by atoms with E-state index in [1.165, 1.54) is 5.56 Å². The Kier molecular flexibility index (Phi) is 3.06. The Morgan fingerprint density at radius 3 is 2.33 bits per heavy atom. The van der Waals surface area contributed by atoms with Crippen LogP contribution in [0, 0.1) is 5.82 Å². The van der Waals surface area contributed by atoms with Gasteiger partial charge in [0.25, 0.3) is 0 Å². The van der Waals surface area contributed by atoms with Crippen LogP contribution >= 0.6 is 0 Å². The molecule has 0 amide bonds. The molecule has 0 atom stereocenters. The molecule has 0 saturated carbocycles. The summed E-state index contributed by atoms with van der Waals surface area (Å²) in [4.78, 5) is 0. The molecule has 1 fully saturated rings. The lowest BCUT2D eigenvalue weighted by atomic mass is 9.72. The first-order valence-corrected chi connectivity index (χ1v) is 5.61. The van der Waals surface area contributed by atoms with Crippen LogP contribution in [0.4, 0.5) is 4.39 Å². The van der Waals surface area contributed by atoms with Gasteiger partial charge in [-0.25, -0.2) is 4.39 Å². The topological polar surface area (TPSA) is 9.23 Å². The van der Waals surface area contributed by atoms with Crippen molar-refractivity contribution in [2.75, 3.05) is 13.2 Å². The number of hydrogen-bond donors (Lipinski definition) is 0. The minimum atomic E-state index is -0.155. The largest absolute Gasteiger partial charge is 0.381 e. The summed E-state index contributed by atoms with van der Waals surface area (Å²) >= 11 is 0. The van der Waals surface area contributed by atoms with Crippen molar-refractivity contribution in [1.82, 2.24) is 0 Å². The third-order valence-corrected chi connectivity index (χ3v) is 3.58. The summed E-state index contributed by atoms with van der Waals surface area (Å²) in [5.74, 6) is -0.155. The predicted octanol–water partition coefficient (Wildman–Crippen LogP) is 3.28. The van der Waals surface area contributed by atoms with Crippen molar-refractivity contribution in [2.24, 2.45) is 0 Å². The smallest absolute Gasteiger partial charge is 0.123 e. The Hall–Kier alpha value is -0.890.